The van der Waals surface area contributed by atoms with E-state index in [1.165, 1.54) is 22.7 Å². The van der Waals surface area contributed by atoms with E-state index in [1.807, 2.05) is 0 Å². The fraction of sp³-hybridized carbons (Fsp3) is 0.286. The molecule has 3 rings (SSSR count). The highest BCUT2D eigenvalue weighted by Gasteiger charge is 2.32. The molecule has 0 atom stereocenters. The van der Waals surface area contributed by atoms with Crippen molar-refractivity contribution in [3.8, 4) is 11.4 Å². The molecule has 0 unspecified atom stereocenters. The first-order chi connectivity index (χ1) is 15.8. The summed E-state index contributed by atoms with van der Waals surface area (Å²) in [7, 11) is 3.11. The van der Waals surface area contributed by atoms with Crippen molar-refractivity contribution in [3.05, 3.63) is 52.0 Å². The van der Waals surface area contributed by atoms with Crippen LogP contribution in [0, 0.1) is 0 Å². The number of esters is 2. The zero-order valence-electron chi connectivity index (χ0n) is 18.4. The van der Waals surface area contributed by atoms with Crippen LogP contribution in [0.2, 0.25) is 0 Å². The third-order valence-electron chi connectivity index (χ3n) is 4.49. The molecule has 0 fully saturated rings. The lowest BCUT2D eigenvalue weighted by Gasteiger charge is -2.11. The van der Waals surface area contributed by atoms with Gasteiger partial charge in [0.25, 0.3) is 5.91 Å². The minimum atomic E-state index is -0.810. The first kappa shape index (κ1) is 24.0. The minimum absolute atomic E-state index is 0.0715. The molecule has 0 bridgehead atoms. The molecule has 0 spiro atoms. The fourth-order valence-electron chi connectivity index (χ4n) is 3.02. The summed E-state index contributed by atoms with van der Waals surface area (Å²) >= 11 is 3.27. The van der Waals surface area contributed by atoms with Crippen molar-refractivity contribution in [1.82, 2.24) is 19.6 Å². The number of halogens is 1. The van der Waals surface area contributed by atoms with Crippen LogP contribution in [0.4, 0.5) is 5.69 Å². The summed E-state index contributed by atoms with van der Waals surface area (Å²) in [5.74, 6) is -1.62. The third-order valence-corrected chi connectivity index (χ3v) is 5.07. The average Bonchev–Trinajstić information content (AvgIpc) is 3.33. The predicted octanol–water partition coefficient (Wildman–Crippen LogP) is 2.98. The van der Waals surface area contributed by atoms with Crippen molar-refractivity contribution >= 4 is 39.5 Å². The molecule has 0 aliphatic heterocycles. The highest BCUT2D eigenvalue weighted by atomic mass is 79.9. The van der Waals surface area contributed by atoms with E-state index in [-0.39, 0.29) is 36.0 Å². The quantitative estimate of drug-likeness (QED) is 0.450. The number of amides is 1. The molecule has 11 nitrogen and oxygen atoms in total. The summed E-state index contributed by atoms with van der Waals surface area (Å²) in [6, 6.07) is 6.63. The molecule has 0 radical (unpaired) electrons. The number of ether oxygens (including phenoxy) is 3. The van der Waals surface area contributed by atoms with Gasteiger partial charge in [-0.1, -0.05) is 0 Å². The maximum atomic E-state index is 13.1. The Morgan fingerprint density at radius 3 is 2.21 bits per heavy atom. The number of anilines is 1. The van der Waals surface area contributed by atoms with Crippen LogP contribution >= 0.6 is 15.9 Å². The van der Waals surface area contributed by atoms with E-state index in [0.29, 0.717) is 15.9 Å². The Labute approximate surface area is 197 Å². The van der Waals surface area contributed by atoms with Crippen molar-refractivity contribution < 1.29 is 28.6 Å². The van der Waals surface area contributed by atoms with Crippen molar-refractivity contribution in [3.63, 3.8) is 0 Å². The Hall–Kier alpha value is -3.67. The highest BCUT2D eigenvalue weighted by Crippen LogP contribution is 2.28. The number of hydrogen-bond acceptors (Lipinski definition) is 8. The minimum Gasteiger partial charge on any atom is -0.497 e. The summed E-state index contributed by atoms with van der Waals surface area (Å²) in [5.41, 5.74) is 0.0864. The van der Waals surface area contributed by atoms with Crippen LogP contribution in [-0.4, -0.2) is 57.7 Å². The monoisotopic (exact) mass is 519 g/mol. The Morgan fingerprint density at radius 1 is 1.03 bits per heavy atom. The molecule has 3 aromatic rings. The van der Waals surface area contributed by atoms with Crippen LogP contribution in [0.25, 0.3) is 5.69 Å². The second-order valence-corrected chi connectivity index (χ2v) is 7.40. The molecule has 0 aliphatic carbocycles. The van der Waals surface area contributed by atoms with Gasteiger partial charge in [-0.2, -0.15) is 10.2 Å². The van der Waals surface area contributed by atoms with Crippen LogP contribution in [0.5, 0.6) is 5.75 Å². The summed E-state index contributed by atoms with van der Waals surface area (Å²) in [6.45, 7) is 3.42. The molecule has 12 heteroatoms. The molecule has 0 aliphatic rings. The highest BCUT2D eigenvalue weighted by molar-refractivity contribution is 9.10. The number of aryl methyl sites for hydroxylation is 1. The zero-order chi connectivity index (χ0) is 24.1. The smallest absolute Gasteiger partial charge is 0.361 e. The topological polar surface area (TPSA) is 127 Å². The second kappa shape index (κ2) is 10.3. The van der Waals surface area contributed by atoms with Gasteiger partial charge >= 0.3 is 11.9 Å². The Bertz CT molecular complexity index is 1170. The number of rotatable bonds is 8. The van der Waals surface area contributed by atoms with Gasteiger partial charge in [0.05, 0.1) is 36.7 Å². The molecule has 0 saturated carbocycles. The van der Waals surface area contributed by atoms with Crippen LogP contribution in [0.15, 0.2) is 34.9 Å². The van der Waals surface area contributed by atoms with Crippen LogP contribution in [0.1, 0.15) is 45.3 Å². The lowest BCUT2D eigenvalue weighted by Crippen LogP contribution is -2.21. The molecular weight excluding hydrogens is 498 g/mol. The zero-order valence-corrected chi connectivity index (χ0v) is 20.0. The normalized spacial score (nSPS) is 10.6. The second-order valence-electron chi connectivity index (χ2n) is 6.54. The number of carbonyl (C=O) groups is 3. The van der Waals surface area contributed by atoms with Crippen molar-refractivity contribution in [2.24, 2.45) is 7.05 Å². The van der Waals surface area contributed by atoms with E-state index in [0.717, 1.165) is 0 Å². The van der Waals surface area contributed by atoms with Gasteiger partial charge in [-0.05, 0) is 54.0 Å². The van der Waals surface area contributed by atoms with Gasteiger partial charge in [0, 0.05) is 7.05 Å². The van der Waals surface area contributed by atoms with E-state index in [1.54, 1.807) is 45.2 Å². The van der Waals surface area contributed by atoms with Gasteiger partial charge in [-0.3, -0.25) is 9.48 Å². The molecule has 1 amide bonds. The van der Waals surface area contributed by atoms with Crippen molar-refractivity contribution in [2.75, 3.05) is 25.6 Å². The summed E-state index contributed by atoms with van der Waals surface area (Å²) in [6.07, 6.45) is 1.45. The Balaban J connectivity index is 2.20. The number of aromatic nitrogens is 4. The molecule has 1 aromatic carbocycles. The number of nitrogens with one attached hydrogen (secondary N) is 1. The number of benzene rings is 1. The first-order valence-electron chi connectivity index (χ1n) is 9.92. The third kappa shape index (κ3) is 4.90. The van der Waals surface area contributed by atoms with Gasteiger partial charge < -0.3 is 19.5 Å². The number of carbonyl (C=O) groups excluding carboxylic acids is 3. The summed E-state index contributed by atoms with van der Waals surface area (Å²) < 4.78 is 18.5. The molecule has 0 saturated heterocycles. The van der Waals surface area contributed by atoms with Crippen LogP contribution in [0.3, 0.4) is 0 Å². The fourth-order valence-corrected chi connectivity index (χ4v) is 3.54. The Kier molecular flexibility index (Phi) is 7.48. The summed E-state index contributed by atoms with van der Waals surface area (Å²) in [4.78, 5) is 38.7. The van der Waals surface area contributed by atoms with Gasteiger partial charge in [-0.25, -0.2) is 14.3 Å². The van der Waals surface area contributed by atoms with Gasteiger partial charge in [-0.15, -0.1) is 0 Å². The lowest BCUT2D eigenvalue weighted by atomic mass is 10.2. The maximum absolute atomic E-state index is 13.1. The van der Waals surface area contributed by atoms with Crippen molar-refractivity contribution in [2.45, 2.75) is 13.8 Å². The van der Waals surface area contributed by atoms with Crippen molar-refractivity contribution in [1.29, 1.82) is 0 Å². The predicted molar refractivity (Wildman–Crippen MR) is 121 cm³/mol. The Morgan fingerprint density at radius 2 is 1.67 bits per heavy atom. The first-order valence-corrected chi connectivity index (χ1v) is 10.7. The number of hydrogen-bond donors (Lipinski definition) is 1. The number of nitrogens with zero attached hydrogens (tertiary/aromatic N) is 4. The molecule has 2 aromatic heterocycles. The van der Waals surface area contributed by atoms with E-state index in [4.69, 9.17) is 14.2 Å². The standard InChI is InChI=1S/C21H22BrN5O6/c1-5-32-20(29)16-15(24-19(28)17-14(22)11-23-26(17)3)18(21(30)33-6-2)27(25-16)12-7-9-13(31-4)10-8-12/h7-11H,5-6H2,1-4H3,(H,24,28). The van der Waals surface area contributed by atoms with E-state index >= 15 is 0 Å². The molecule has 33 heavy (non-hydrogen) atoms. The molecule has 174 valence electrons. The van der Waals surface area contributed by atoms with Gasteiger partial charge in [0.2, 0.25) is 0 Å². The van der Waals surface area contributed by atoms with E-state index in [9.17, 15) is 14.4 Å². The SMILES string of the molecule is CCOC(=O)c1nn(-c2ccc(OC)cc2)c(C(=O)OCC)c1NC(=O)c1c(Br)cnn1C. The van der Waals surface area contributed by atoms with Gasteiger partial charge in [0.15, 0.2) is 11.4 Å². The van der Waals surface area contributed by atoms with Gasteiger partial charge in [0.1, 0.15) is 17.1 Å². The average molecular weight is 520 g/mol. The van der Waals surface area contributed by atoms with E-state index in [2.05, 4.69) is 31.4 Å². The molecule has 2 heterocycles. The molecular formula is C21H22BrN5O6. The lowest BCUT2D eigenvalue weighted by molar-refractivity contribution is 0.0510. The summed E-state index contributed by atoms with van der Waals surface area (Å²) in [5, 5.41) is 10.9. The van der Waals surface area contributed by atoms with Crippen LogP contribution < -0.4 is 10.1 Å². The number of methoxy groups -OCH3 is 1. The largest absolute Gasteiger partial charge is 0.497 e. The van der Waals surface area contributed by atoms with E-state index < -0.39 is 17.8 Å². The van der Waals surface area contributed by atoms with Crippen LogP contribution in [-0.2, 0) is 16.5 Å². The maximum Gasteiger partial charge on any atom is 0.361 e. The molecule has 1 N–H and O–H groups in total.